The molecule has 1 aromatic heterocycles. The van der Waals surface area contributed by atoms with E-state index in [1.165, 1.54) is 17.3 Å². The van der Waals surface area contributed by atoms with Gasteiger partial charge in [-0.15, -0.1) is 0 Å². The maximum Gasteiger partial charge on any atom is 0.136 e. The molecule has 36 heavy (non-hydrogen) atoms. The van der Waals surface area contributed by atoms with Gasteiger partial charge in [0.25, 0.3) is 0 Å². The maximum absolute atomic E-state index is 9.52. The zero-order valence-corrected chi connectivity index (χ0v) is 21.5. The molecular formula is C27H38N6O3. The van der Waals surface area contributed by atoms with Crippen molar-refractivity contribution in [2.75, 3.05) is 56.3 Å². The monoisotopic (exact) mass is 494 g/mol. The molecule has 3 saturated heterocycles. The van der Waals surface area contributed by atoms with E-state index in [9.17, 15) is 5.11 Å². The normalized spacial score (nSPS) is 25.4. The summed E-state index contributed by atoms with van der Waals surface area (Å²) in [4.78, 5) is 14.0. The highest BCUT2D eigenvalue weighted by atomic mass is 16.5. The van der Waals surface area contributed by atoms with Crippen LogP contribution in [0.25, 0.3) is 0 Å². The van der Waals surface area contributed by atoms with E-state index in [0.29, 0.717) is 42.8 Å². The van der Waals surface area contributed by atoms with Crippen molar-refractivity contribution < 1.29 is 14.6 Å². The Labute approximate surface area is 213 Å². The molecule has 0 saturated carbocycles. The molecule has 0 amide bonds. The van der Waals surface area contributed by atoms with Crippen molar-refractivity contribution in [1.82, 2.24) is 14.9 Å². The molecule has 3 atom stereocenters. The predicted molar refractivity (Wildman–Crippen MR) is 141 cm³/mol. The van der Waals surface area contributed by atoms with Crippen LogP contribution in [0.4, 0.5) is 17.3 Å². The molecule has 5 rings (SSSR count). The minimum Gasteiger partial charge on any atom is -0.394 e. The highest BCUT2D eigenvalue weighted by molar-refractivity contribution is 5.88. The molecule has 0 radical (unpaired) electrons. The van der Waals surface area contributed by atoms with Crippen LogP contribution in [0, 0.1) is 19.3 Å². The van der Waals surface area contributed by atoms with E-state index < -0.39 is 0 Å². The van der Waals surface area contributed by atoms with Crippen LogP contribution in [0.1, 0.15) is 48.2 Å². The number of piperidine rings is 1. The Morgan fingerprint density at radius 2 is 2.03 bits per heavy atom. The van der Waals surface area contributed by atoms with E-state index >= 15 is 0 Å². The number of benzene rings is 1. The molecule has 9 heteroatoms. The fraction of sp³-hybridized carbons (Fsp3) is 0.593. The van der Waals surface area contributed by atoms with Gasteiger partial charge in [0.15, 0.2) is 0 Å². The second-order valence-corrected chi connectivity index (χ2v) is 10.3. The van der Waals surface area contributed by atoms with Crippen LogP contribution in [0.5, 0.6) is 0 Å². The lowest BCUT2D eigenvalue weighted by molar-refractivity contribution is -0.0862. The van der Waals surface area contributed by atoms with Crippen molar-refractivity contribution in [2.45, 2.75) is 57.7 Å². The number of hydrogen-bond donors (Lipinski definition) is 3. The highest BCUT2D eigenvalue weighted by Gasteiger charge is 2.35. The summed E-state index contributed by atoms with van der Waals surface area (Å²) in [5, 5.41) is 21.0. The van der Waals surface area contributed by atoms with Crippen LogP contribution in [0.15, 0.2) is 18.2 Å². The number of morpholine rings is 1. The Morgan fingerprint density at radius 1 is 1.19 bits per heavy atom. The van der Waals surface area contributed by atoms with E-state index in [0.717, 1.165) is 56.2 Å². The number of rotatable bonds is 7. The lowest BCUT2D eigenvalue weighted by atomic mass is 9.82. The Bertz CT molecular complexity index is 1090. The summed E-state index contributed by atoms with van der Waals surface area (Å²) in [6.45, 7) is 11.1. The van der Waals surface area contributed by atoms with Gasteiger partial charge in [0, 0.05) is 42.7 Å². The van der Waals surface area contributed by atoms with Gasteiger partial charge in [-0.25, -0.2) is 9.97 Å². The standard InChI is InChI=1S/C27H38N6O3/c1-17-8-21(12-28)25(10-24(17)20-4-5-33(18(2)9-20)22-15-35-16-22)31-26-11-27(30-19(3)29-26)32-6-7-36-23(13-32)14-34/h8,10-12,18,20,22-23,28,34H,4-7,9,13-16H2,1-3H3,(H,29,30,31). The molecule has 4 heterocycles. The number of aryl methyl sites for hydroxylation is 2. The average molecular weight is 495 g/mol. The van der Waals surface area contributed by atoms with Crippen LogP contribution in [-0.4, -0.2) is 90.4 Å². The van der Waals surface area contributed by atoms with E-state index in [1.54, 1.807) is 0 Å². The first-order valence-electron chi connectivity index (χ1n) is 13.0. The summed E-state index contributed by atoms with van der Waals surface area (Å²) in [6.07, 6.45) is 3.45. The van der Waals surface area contributed by atoms with Crippen LogP contribution in [0.2, 0.25) is 0 Å². The number of aliphatic hydroxyl groups is 1. The third-order valence-electron chi connectivity index (χ3n) is 7.80. The van der Waals surface area contributed by atoms with Crippen LogP contribution >= 0.6 is 0 Å². The van der Waals surface area contributed by atoms with Gasteiger partial charge in [0.1, 0.15) is 17.5 Å². The van der Waals surface area contributed by atoms with Gasteiger partial charge in [0.2, 0.25) is 0 Å². The first-order valence-corrected chi connectivity index (χ1v) is 13.0. The number of ether oxygens (including phenoxy) is 2. The summed E-state index contributed by atoms with van der Waals surface area (Å²) in [6, 6.07) is 7.39. The smallest absolute Gasteiger partial charge is 0.136 e. The van der Waals surface area contributed by atoms with E-state index in [1.807, 2.05) is 13.0 Å². The van der Waals surface area contributed by atoms with Gasteiger partial charge in [-0.3, -0.25) is 4.90 Å². The molecule has 0 bridgehead atoms. The molecule has 0 spiro atoms. The topological polar surface area (TPSA) is 107 Å². The number of nitrogens with zero attached hydrogens (tertiary/aromatic N) is 4. The van der Waals surface area contributed by atoms with Crippen LogP contribution in [-0.2, 0) is 9.47 Å². The van der Waals surface area contributed by atoms with Crippen molar-refractivity contribution in [3.63, 3.8) is 0 Å². The van der Waals surface area contributed by atoms with E-state index in [2.05, 4.69) is 51.1 Å². The van der Waals surface area contributed by atoms with Crippen molar-refractivity contribution >= 4 is 23.5 Å². The van der Waals surface area contributed by atoms with E-state index in [4.69, 9.17) is 14.9 Å². The van der Waals surface area contributed by atoms with Crippen molar-refractivity contribution in [2.24, 2.45) is 0 Å². The Morgan fingerprint density at radius 3 is 2.72 bits per heavy atom. The molecule has 3 N–H and O–H groups in total. The van der Waals surface area contributed by atoms with Crippen molar-refractivity contribution in [1.29, 1.82) is 5.41 Å². The van der Waals surface area contributed by atoms with Gasteiger partial charge < -0.3 is 30.2 Å². The average Bonchev–Trinajstić information content (AvgIpc) is 2.84. The van der Waals surface area contributed by atoms with Gasteiger partial charge in [-0.05, 0) is 69.3 Å². The van der Waals surface area contributed by atoms with Crippen LogP contribution < -0.4 is 10.2 Å². The SMILES string of the molecule is Cc1nc(Nc2cc(C3CCN(C4COC4)C(C)C3)c(C)cc2C=N)cc(N2CCOC(CO)C2)n1. The fourth-order valence-corrected chi connectivity index (χ4v) is 5.80. The predicted octanol–water partition coefficient (Wildman–Crippen LogP) is 3.00. The number of aliphatic hydroxyl groups excluding tert-OH is 1. The third kappa shape index (κ3) is 5.25. The summed E-state index contributed by atoms with van der Waals surface area (Å²) < 4.78 is 11.0. The first kappa shape index (κ1) is 25.1. The lowest BCUT2D eigenvalue weighted by Crippen LogP contribution is -2.55. The number of nitrogens with one attached hydrogen (secondary N) is 2. The Kier molecular flexibility index (Phi) is 7.52. The quantitative estimate of drug-likeness (QED) is 0.505. The van der Waals surface area contributed by atoms with Crippen molar-refractivity contribution in [3.05, 3.63) is 40.7 Å². The van der Waals surface area contributed by atoms with Crippen molar-refractivity contribution in [3.8, 4) is 0 Å². The zero-order chi connectivity index (χ0) is 25.2. The molecule has 1 aromatic carbocycles. The molecule has 3 unspecified atom stereocenters. The number of aromatic nitrogens is 2. The summed E-state index contributed by atoms with van der Waals surface area (Å²) in [5.74, 6) is 2.68. The number of likely N-dealkylation sites (tertiary alicyclic amines) is 1. The minimum atomic E-state index is -0.208. The Hall–Kier alpha value is -2.59. The molecule has 3 fully saturated rings. The molecule has 3 aliphatic heterocycles. The Balaban J connectivity index is 1.37. The third-order valence-corrected chi connectivity index (χ3v) is 7.80. The molecule has 2 aromatic rings. The minimum absolute atomic E-state index is 0.00745. The lowest BCUT2D eigenvalue weighted by Gasteiger charge is -2.46. The second-order valence-electron chi connectivity index (χ2n) is 10.3. The molecule has 9 nitrogen and oxygen atoms in total. The molecule has 194 valence electrons. The first-order chi connectivity index (χ1) is 17.4. The number of anilines is 3. The zero-order valence-electron chi connectivity index (χ0n) is 21.5. The van der Waals surface area contributed by atoms with Gasteiger partial charge in [0.05, 0.1) is 38.6 Å². The van der Waals surface area contributed by atoms with E-state index in [-0.39, 0.29) is 12.7 Å². The van der Waals surface area contributed by atoms with Gasteiger partial charge in [-0.2, -0.15) is 0 Å². The molecular weight excluding hydrogens is 456 g/mol. The fourth-order valence-electron chi connectivity index (χ4n) is 5.80. The number of hydrogen-bond acceptors (Lipinski definition) is 9. The largest absolute Gasteiger partial charge is 0.394 e. The maximum atomic E-state index is 9.52. The second kappa shape index (κ2) is 10.8. The summed E-state index contributed by atoms with van der Waals surface area (Å²) >= 11 is 0. The summed E-state index contributed by atoms with van der Waals surface area (Å²) in [5.41, 5.74) is 4.33. The highest BCUT2D eigenvalue weighted by Crippen LogP contribution is 2.37. The summed E-state index contributed by atoms with van der Waals surface area (Å²) in [7, 11) is 0. The van der Waals surface area contributed by atoms with Gasteiger partial charge >= 0.3 is 0 Å². The molecule has 0 aliphatic carbocycles. The van der Waals surface area contributed by atoms with Crippen LogP contribution in [0.3, 0.4) is 0 Å². The molecule has 3 aliphatic rings. The van der Waals surface area contributed by atoms with Gasteiger partial charge in [-0.1, -0.05) is 0 Å².